The van der Waals surface area contributed by atoms with Crippen molar-refractivity contribution in [1.82, 2.24) is 4.90 Å². The number of anilines is 1. The quantitative estimate of drug-likeness (QED) is 0.787. The second-order valence-corrected chi connectivity index (χ2v) is 5.14. The molecule has 0 spiro atoms. The van der Waals surface area contributed by atoms with Gasteiger partial charge in [0, 0.05) is 24.7 Å². The molecule has 5 nitrogen and oxygen atoms in total. The fourth-order valence-electron chi connectivity index (χ4n) is 2.33. The number of aliphatic carboxylic acids is 1. The zero-order chi connectivity index (χ0) is 15.1. The molecule has 0 aromatic heterocycles. The average Bonchev–Trinajstić information content (AvgIpc) is 2.98. The van der Waals surface area contributed by atoms with E-state index in [4.69, 9.17) is 5.11 Å². The van der Waals surface area contributed by atoms with Crippen LogP contribution >= 0.6 is 0 Å². The summed E-state index contributed by atoms with van der Waals surface area (Å²) in [5, 5.41) is 11.4. The lowest BCUT2D eigenvalue weighted by atomic mass is 10.2. The Labute approximate surface area is 124 Å². The lowest BCUT2D eigenvalue weighted by Gasteiger charge is -2.13. The van der Waals surface area contributed by atoms with E-state index in [1.165, 1.54) is 18.9 Å². The summed E-state index contributed by atoms with van der Waals surface area (Å²) in [6, 6.07) is 7.09. The highest BCUT2D eigenvalue weighted by molar-refractivity contribution is 5.91. The van der Waals surface area contributed by atoms with E-state index in [-0.39, 0.29) is 5.91 Å². The summed E-state index contributed by atoms with van der Waals surface area (Å²) in [6.07, 6.45) is 5.56. The average molecular weight is 288 g/mol. The summed E-state index contributed by atoms with van der Waals surface area (Å²) in [4.78, 5) is 24.6. The van der Waals surface area contributed by atoms with Gasteiger partial charge < -0.3 is 15.3 Å². The summed E-state index contributed by atoms with van der Waals surface area (Å²) in [6.45, 7) is 3.00. The number of carboxylic acid groups (broad SMARTS) is 1. The van der Waals surface area contributed by atoms with Gasteiger partial charge in [-0.2, -0.15) is 0 Å². The van der Waals surface area contributed by atoms with Crippen molar-refractivity contribution in [1.29, 1.82) is 0 Å². The van der Waals surface area contributed by atoms with Crippen LogP contribution in [0.25, 0.3) is 6.08 Å². The first-order valence-corrected chi connectivity index (χ1v) is 7.17. The maximum atomic E-state index is 11.8. The molecule has 5 heteroatoms. The summed E-state index contributed by atoms with van der Waals surface area (Å²) < 4.78 is 0. The maximum absolute atomic E-state index is 11.8. The highest BCUT2D eigenvalue weighted by Crippen LogP contribution is 2.12. The molecule has 2 N–H and O–H groups in total. The Morgan fingerprint density at radius 2 is 1.86 bits per heavy atom. The predicted octanol–water partition coefficient (Wildman–Crippen LogP) is 2.21. The van der Waals surface area contributed by atoms with Gasteiger partial charge in [0.15, 0.2) is 0 Å². The lowest BCUT2D eigenvalue weighted by molar-refractivity contribution is -0.131. The van der Waals surface area contributed by atoms with Gasteiger partial charge in [0.2, 0.25) is 5.91 Å². The minimum absolute atomic E-state index is 0.00993. The molecule has 0 unspecified atom stereocenters. The van der Waals surface area contributed by atoms with Crippen molar-refractivity contribution in [3.63, 3.8) is 0 Å². The molecule has 1 saturated heterocycles. The number of benzene rings is 1. The van der Waals surface area contributed by atoms with Crippen LogP contribution in [-0.4, -0.2) is 41.5 Å². The molecule has 1 heterocycles. The number of amides is 1. The lowest BCUT2D eigenvalue weighted by Crippen LogP contribution is -2.25. The SMILES string of the molecule is O=C(O)/C=C/c1ccc(NC(=O)CCN2CCCC2)cc1. The van der Waals surface area contributed by atoms with Crippen molar-refractivity contribution >= 4 is 23.6 Å². The van der Waals surface area contributed by atoms with Crippen LogP contribution in [0.1, 0.15) is 24.8 Å². The Morgan fingerprint density at radius 1 is 1.19 bits per heavy atom. The summed E-state index contributed by atoms with van der Waals surface area (Å²) in [7, 11) is 0. The molecule has 0 bridgehead atoms. The summed E-state index contributed by atoms with van der Waals surface area (Å²) in [5.74, 6) is -0.968. The minimum Gasteiger partial charge on any atom is -0.478 e. The highest BCUT2D eigenvalue weighted by Gasteiger charge is 2.12. The maximum Gasteiger partial charge on any atom is 0.328 e. The molecule has 21 heavy (non-hydrogen) atoms. The van der Waals surface area contributed by atoms with Crippen LogP contribution in [0.15, 0.2) is 30.3 Å². The summed E-state index contributed by atoms with van der Waals surface area (Å²) >= 11 is 0. The van der Waals surface area contributed by atoms with Gasteiger partial charge in [-0.1, -0.05) is 12.1 Å². The Balaban J connectivity index is 1.79. The van der Waals surface area contributed by atoms with Gasteiger partial charge in [-0.05, 0) is 49.7 Å². The van der Waals surface area contributed by atoms with Gasteiger partial charge in [0.1, 0.15) is 0 Å². The topological polar surface area (TPSA) is 69.6 Å². The molecule has 1 aromatic rings. The molecule has 112 valence electrons. The van der Waals surface area contributed by atoms with Gasteiger partial charge in [0.05, 0.1) is 0 Å². The van der Waals surface area contributed by atoms with Crippen molar-refractivity contribution in [2.24, 2.45) is 0 Å². The Morgan fingerprint density at radius 3 is 2.48 bits per heavy atom. The van der Waals surface area contributed by atoms with Crippen molar-refractivity contribution in [3.8, 4) is 0 Å². The molecule has 0 saturated carbocycles. The van der Waals surface area contributed by atoms with Crippen molar-refractivity contribution in [3.05, 3.63) is 35.9 Å². The fraction of sp³-hybridized carbons (Fsp3) is 0.375. The van der Waals surface area contributed by atoms with Crippen LogP contribution in [0.3, 0.4) is 0 Å². The largest absolute Gasteiger partial charge is 0.478 e. The standard InChI is InChI=1S/C16H20N2O3/c19-15(9-12-18-10-1-2-11-18)17-14-6-3-13(4-7-14)5-8-16(20)21/h3-8H,1-2,9-12H2,(H,17,19)(H,20,21)/b8-5+. The molecule has 1 fully saturated rings. The molecule has 0 aliphatic carbocycles. The highest BCUT2D eigenvalue weighted by atomic mass is 16.4. The zero-order valence-corrected chi connectivity index (χ0v) is 11.9. The second kappa shape index (κ2) is 7.59. The fourth-order valence-corrected chi connectivity index (χ4v) is 2.33. The van der Waals surface area contributed by atoms with Crippen molar-refractivity contribution < 1.29 is 14.7 Å². The molecule has 0 radical (unpaired) electrons. The molecule has 2 rings (SSSR count). The van der Waals surface area contributed by atoms with E-state index in [0.717, 1.165) is 37.0 Å². The van der Waals surface area contributed by atoms with E-state index < -0.39 is 5.97 Å². The Hall–Kier alpha value is -2.14. The van der Waals surface area contributed by atoms with E-state index in [1.54, 1.807) is 24.3 Å². The van der Waals surface area contributed by atoms with Crippen LogP contribution < -0.4 is 5.32 Å². The van der Waals surface area contributed by atoms with E-state index >= 15 is 0 Å². The van der Waals surface area contributed by atoms with E-state index in [9.17, 15) is 9.59 Å². The van der Waals surface area contributed by atoms with Crippen molar-refractivity contribution in [2.75, 3.05) is 25.0 Å². The number of hydrogen-bond acceptors (Lipinski definition) is 3. The second-order valence-electron chi connectivity index (χ2n) is 5.14. The number of hydrogen-bond donors (Lipinski definition) is 2. The number of carboxylic acids is 1. The first-order valence-electron chi connectivity index (χ1n) is 7.17. The van der Waals surface area contributed by atoms with Crippen LogP contribution in [0.2, 0.25) is 0 Å². The summed E-state index contributed by atoms with van der Waals surface area (Å²) in [5.41, 5.74) is 1.52. The Bertz CT molecular complexity index is 517. The number of carbonyl (C=O) groups is 2. The normalized spacial score (nSPS) is 15.4. The van der Waals surface area contributed by atoms with Gasteiger partial charge in [-0.25, -0.2) is 4.79 Å². The van der Waals surface area contributed by atoms with Crippen LogP contribution in [-0.2, 0) is 9.59 Å². The molecular weight excluding hydrogens is 268 g/mol. The first kappa shape index (κ1) is 15.3. The zero-order valence-electron chi connectivity index (χ0n) is 11.9. The molecular formula is C16H20N2O3. The van der Waals surface area contributed by atoms with Crippen LogP contribution in [0.5, 0.6) is 0 Å². The number of nitrogens with one attached hydrogen (secondary N) is 1. The molecule has 1 aliphatic heterocycles. The van der Waals surface area contributed by atoms with E-state index in [2.05, 4.69) is 10.2 Å². The van der Waals surface area contributed by atoms with Gasteiger partial charge in [0.25, 0.3) is 0 Å². The van der Waals surface area contributed by atoms with Crippen molar-refractivity contribution in [2.45, 2.75) is 19.3 Å². The molecule has 1 aliphatic rings. The van der Waals surface area contributed by atoms with E-state index in [1.807, 2.05) is 0 Å². The predicted molar refractivity (Wildman–Crippen MR) is 82.0 cm³/mol. The number of nitrogens with zero attached hydrogens (tertiary/aromatic N) is 1. The Kier molecular flexibility index (Phi) is 5.51. The monoisotopic (exact) mass is 288 g/mol. The third kappa shape index (κ3) is 5.39. The third-order valence-electron chi connectivity index (χ3n) is 3.47. The van der Waals surface area contributed by atoms with Gasteiger partial charge in [-0.3, -0.25) is 4.79 Å². The molecule has 1 aromatic carbocycles. The molecule has 0 atom stereocenters. The number of carbonyl (C=O) groups excluding carboxylic acids is 1. The van der Waals surface area contributed by atoms with Gasteiger partial charge in [-0.15, -0.1) is 0 Å². The van der Waals surface area contributed by atoms with Gasteiger partial charge >= 0.3 is 5.97 Å². The van der Waals surface area contributed by atoms with Crippen LogP contribution in [0, 0.1) is 0 Å². The third-order valence-corrected chi connectivity index (χ3v) is 3.47. The van der Waals surface area contributed by atoms with Crippen LogP contribution in [0.4, 0.5) is 5.69 Å². The first-order chi connectivity index (χ1) is 10.1. The molecule has 1 amide bonds. The minimum atomic E-state index is -0.978. The van der Waals surface area contributed by atoms with E-state index in [0.29, 0.717) is 6.42 Å². The smallest absolute Gasteiger partial charge is 0.328 e. The number of rotatable bonds is 6. The number of likely N-dealkylation sites (tertiary alicyclic amines) is 1.